The molecule has 0 N–H and O–H groups in total. The first-order chi connectivity index (χ1) is 27.5. The van der Waals surface area contributed by atoms with Crippen molar-refractivity contribution in [2.75, 3.05) is 13.2 Å². The van der Waals surface area contributed by atoms with Crippen LogP contribution in [-0.2, 0) is 28.6 Å². The molecule has 0 heterocycles. The van der Waals surface area contributed by atoms with E-state index in [0.29, 0.717) is 19.3 Å². The lowest BCUT2D eigenvalue weighted by Gasteiger charge is -2.18. The standard InChI is InChI=1S/C50H88O6/c1-4-7-10-13-16-19-22-24-25-26-29-31-34-37-40-43-49(52)55-46-47(45-54-48(51)42-39-36-33-30-27-21-18-15-12-9-6-3)56-50(53)44-41-38-35-32-28-23-20-17-14-11-8-5-2/h9,12,18-19,21-22,30,33,47H,4-8,10-11,13-17,20,23-29,31-32,34-46H2,1-3H3/b12-9-,21-18-,22-19-,33-30-. The van der Waals surface area contributed by atoms with E-state index in [9.17, 15) is 14.4 Å². The molecule has 0 aliphatic heterocycles. The highest BCUT2D eigenvalue weighted by atomic mass is 16.6. The van der Waals surface area contributed by atoms with E-state index in [1.165, 1.54) is 122 Å². The van der Waals surface area contributed by atoms with E-state index in [-0.39, 0.29) is 37.5 Å². The Hall–Kier alpha value is -2.63. The van der Waals surface area contributed by atoms with E-state index in [2.05, 4.69) is 69.4 Å². The van der Waals surface area contributed by atoms with Gasteiger partial charge in [0.15, 0.2) is 6.10 Å². The summed E-state index contributed by atoms with van der Waals surface area (Å²) >= 11 is 0. The maximum absolute atomic E-state index is 12.7. The van der Waals surface area contributed by atoms with Crippen molar-refractivity contribution in [2.24, 2.45) is 0 Å². The monoisotopic (exact) mass is 785 g/mol. The molecule has 0 saturated carbocycles. The predicted molar refractivity (Wildman–Crippen MR) is 238 cm³/mol. The van der Waals surface area contributed by atoms with Crippen LogP contribution < -0.4 is 0 Å². The van der Waals surface area contributed by atoms with Crippen LogP contribution in [-0.4, -0.2) is 37.2 Å². The summed E-state index contributed by atoms with van der Waals surface area (Å²) in [7, 11) is 0. The average molecular weight is 785 g/mol. The van der Waals surface area contributed by atoms with Gasteiger partial charge in [0.25, 0.3) is 0 Å². The summed E-state index contributed by atoms with van der Waals surface area (Å²) in [6.45, 7) is 6.45. The third-order valence-electron chi connectivity index (χ3n) is 10.1. The molecule has 0 aromatic rings. The molecule has 1 unspecified atom stereocenters. The van der Waals surface area contributed by atoms with Gasteiger partial charge in [0.2, 0.25) is 0 Å². The Morgan fingerprint density at radius 2 is 0.714 bits per heavy atom. The van der Waals surface area contributed by atoms with Crippen LogP contribution in [0.2, 0.25) is 0 Å². The first-order valence-electron chi connectivity index (χ1n) is 23.6. The smallest absolute Gasteiger partial charge is 0.306 e. The van der Waals surface area contributed by atoms with Gasteiger partial charge in [0, 0.05) is 19.3 Å². The van der Waals surface area contributed by atoms with Crippen molar-refractivity contribution < 1.29 is 28.6 Å². The van der Waals surface area contributed by atoms with Crippen molar-refractivity contribution in [1.29, 1.82) is 0 Å². The van der Waals surface area contributed by atoms with Gasteiger partial charge in [0.1, 0.15) is 13.2 Å². The van der Waals surface area contributed by atoms with Crippen molar-refractivity contribution in [3.63, 3.8) is 0 Å². The SMILES string of the molecule is CC/C=C\C/C=C\C/C=C\CCCC(=O)OCC(COC(=O)CCCCCCCCC/C=C\CCCCCC)OC(=O)CCCCCCCCCCCCCC. The molecular formula is C50H88O6. The second kappa shape index (κ2) is 45.1. The van der Waals surface area contributed by atoms with Crippen molar-refractivity contribution in [2.45, 2.75) is 239 Å². The van der Waals surface area contributed by atoms with Gasteiger partial charge in [0.05, 0.1) is 0 Å². The fraction of sp³-hybridized carbons (Fsp3) is 0.780. The molecular weight excluding hydrogens is 697 g/mol. The van der Waals surface area contributed by atoms with Gasteiger partial charge in [-0.05, 0) is 70.6 Å². The van der Waals surface area contributed by atoms with Crippen LogP contribution in [0, 0.1) is 0 Å². The Morgan fingerprint density at radius 1 is 0.375 bits per heavy atom. The van der Waals surface area contributed by atoms with E-state index in [0.717, 1.165) is 64.2 Å². The predicted octanol–water partition coefficient (Wildman–Crippen LogP) is 15.1. The zero-order valence-corrected chi connectivity index (χ0v) is 36.9. The summed E-state index contributed by atoms with van der Waals surface area (Å²) in [6, 6.07) is 0. The third-order valence-corrected chi connectivity index (χ3v) is 10.1. The number of hydrogen-bond acceptors (Lipinski definition) is 6. The summed E-state index contributed by atoms with van der Waals surface area (Å²) in [4.78, 5) is 37.7. The van der Waals surface area contributed by atoms with E-state index < -0.39 is 6.10 Å². The number of rotatable bonds is 42. The zero-order chi connectivity index (χ0) is 40.8. The normalized spacial score (nSPS) is 12.4. The number of carbonyl (C=O) groups excluding carboxylic acids is 3. The van der Waals surface area contributed by atoms with E-state index >= 15 is 0 Å². The molecule has 1 atom stereocenters. The number of ether oxygens (including phenoxy) is 3. The molecule has 0 aromatic heterocycles. The van der Waals surface area contributed by atoms with Crippen molar-refractivity contribution in [3.8, 4) is 0 Å². The molecule has 0 saturated heterocycles. The maximum atomic E-state index is 12.7. The Bertz CT molecular complexity index is 996. The van der Waals surface area contributed by atoms with Crippen LogP contribution in [0.5, 0.6) is 0 Å². The number of hydrogen-bond donors (Lipinski definition) is 0. The summed E-state index contributed by atoms with van der Waals surface area (Å²) in [6.07, 6.45) is 52.4. The highest BCUT2D eigenvalue weighted by Gasteiger charge is 2.19. The molecule has 0 spiro atoms. The van der Waals surface area contributed by atoms with E-state index in [4.69, 9.17) is 14.2 Å². The molecule has 6 heteroatoms. The minimum atomic E-state index is -0.789. The van der Waals surface area contributed by atoms with Gasteiger partial charge in [-0.25, -0.2) is 0 Å². The quantitative estimate of drug-likeness (QED) is 0.0265. The van der Waals surface area contributed by atoms with E-state index in [1.807, 2.05) is 0 Å². The fourth-order valence-corrected chi connectivity index (χ4v) is 6.52. The number of esters is 3. The number of unbranched alkanes of at least 4 members (excludes halogenated alkanes) is 23. The molecule has 56 heavy (non-hydrogen) atoms. The van der Waals surface area contributed by atoms with Crippen LogP contribution in [0.1, 0.15) is 233 Å². The summed E-state index contributed by atoms with van der Waals surface area (Å²) < 4.78 is 16.7. The highest BCUT2D eigenvalue weighted by molar-refractivity contribution is 5.71. The van der Waals surface area contributed by atoms with Crippen molar-refractivity contribution >= 4 is 17.9 Å². The van der Waals surface area contributed by atoms with Gasteiger partial charge < -0.3 is 14.2 Å². The Kier molecular flexibility index (Phi) is 43.0. The number of carbonyl (C=O) groups is 3. The van der Waals surface area contributed by atoms with Gasteiger partial charge in [-0.15, -0.1) is 0 Å². The van der Waals surface area contributed by atoms with E-state index in [1.54, 1.807) is 0 Å². The topological polar surface area (TPSA) is 78.9 Å². The van der Waals surface area contributed by atoms with Gasteiger partial charge in [-0.2, -0.15) is 0 Å². The Balaban J connectivity index is 4.40. The van der Waals surface area contributed by atoms with Crippen LogP contribution >= 0.6 is 0 Å². The molecule has 0 radical (unpaired) electrons. The van der Waals surface area contributed by atoms with Crippen molar-refractivity contribution in [1.82, 2.24) is 0 Å². The van der Waals surface area contributed by atoms with Gasteiger partial charge in [-0.3, -0.25) is 14.4 Å². The largest absolute Gasteiger partial charge is 0.462 e. The summed E-state index contributed by atoms with van der Waals surface area (Å²) in [5.41, 5.74) is 0. The first-order valence-corrected chi connectivity index (χ1v) is 23.6. The number of allylic oxidation sites excluding steroid dienone is 8. The zero-order valence-electron chi connectivity index (χ0n) is 36.9. The van der Waals surface area contributed by atoms with Crippen LogP contribution in [0.15, 0.2) is 48.6 Å². The Morgan fingerprint density at radius 3 is 1.20 bits per heavy atom. The summed E-state index contributed by atoms with van der Waals surface area (Å²) in [5.74, 6) is -0.948. The molecule has 0 aliphatic rings. The minimum absolute atomic E-state index is 0.0893. The highest BCUT2D eigenvalue weighted by Crippen LogP contribution is 2.14. The van der Waals surface area contributed by atoms with Gasteiger partial charge >= 0.3 is 17.9 Å². The molecule has 0 bridgehead atoms. The lowest BCUT2D eigenvalue weighted by atomic mass is 10.0. The average Bonchev–Trinajstić information content (AvgIpc) is 3.19. The second-order valence-electron chi connectivity index (χ2n) is 15.6. The molecule has 0 rings (SSSR count). The second-order valence-corrected chi connectivity index (χ2v) is 15.6. The first kappa shape index (κ1) is 53.4. The van der Waals surface area contributed by atoms with Gasteiger partial charge in [-0.1, -0.05) is 191 Å². The molecule has 0 fully saturated rings. The summed E-state index contributed by atoms with van der Waals surface area (Å²) in [5, 5.41) is 0. The molecule has 6 nitrogen and oxygen atoms in total. The lowest BCUT2D eigenvalue weighted by Crippen LogP contribution is -2.30. The third kappa shape index (κ3) is 42.5. The molecule has 0 aromatic carbocycles. The molecule has 0 amide bonds. The van der Waals surface area contributed by atoms with Crippen LogP contribution in [0.4, 0.5) is 0 Å². The molecule has 0 aliphatic carbocycles. The van der Waals surface area contributed by atoms with Crippen molar-refractivity contribution in [3.05, 3.63) is 48.6 Å². The lowest BCUT2D eigenvalue weighted by molar-refractivity contribution is -0.167. The minimum Gasteiger partial charge on any atom is -0.462 e. The fourth-order valence-electron chi connectivity index (χ4n) is 6.52. The maximum Gasteiger partial charge on any atom is 0.306 e. The van der Waals surface area contributed by atoms with Crippen LogP contribution in [0.25, 0.3) is 0 Å². The molecule has 324 valence electrons. The van der Waals surface area contributed by atoms with Crippen LogP contribution in [0.3, 0.4) is 0 Å². The Labute approximate surface area is 346 Å².